The Bertz CT molecular complexity index is 373. The Balaban J connectivity index is 4.13. The lowest BCUT2D eigenvalue weighted by Gasteiger charge is -2.18. The lowest BCUT2D eigenvalue weighted by molar-refractivity contribution is -0.286. The van der Waals surface area contributed by atoms with Crippen LogP contribution in [0, 0.1) is 0 Å². The molecule has 0 bridgehead atoms. The van der Waals surface area contributed by atoms with E-state index in [0.717, 1.165) is 0 Å². The molecule has 4 nitrogen and oxygen atoms in total. The molecule has 0 aliphatic rings. The highest BCUT2D eigenvalue weighted by Gasteiger charge is 2.56. The van der Waals surface area contributed by atoms with Crippen molar-refractivity contribution in [2.45, 2.75) is 38.5 Å². The van der Waals surface area contributed by atoms with E-state index in [9.17, 15) is 31.5 Å². The topological polar surface area (TPSA) is 52.6 Å². The smallest absolute Gasteiger partial charge is 0.453 e. The molecule has 0 spiro atoms. The van der Waals surface area contributed by atoms with E-state index >= 15 is 0 Å². The van der Waals surface area contributed by atoms with Gasteiger partial charge in [-0.05, 0) is 13.8 Å². The first-order chi connectivity index (χ1) is 8.95. The summed E-state index contributed by atoms with van der Waals surface area (Å²) in [5.41, 5.74) is 0. The Hall–Kier alpha value is -1.67. The fraction of sp³-hybridized carbons (Fsp3) is 0.636. The van der Waals surface area contributed by atoms with Gasteiger partial charge in [-0.15, -0.1) is 0 Å². The molecule has 0 aromatic carbocycles. The fourth-order valence-electron chi connectivity index (χ4n) is 0.877. The van der Waals surface area contributed by atoms with Crippen molar-refractivity contribution >= 4 is 11.9 Å². The van der Waals surface area contributed by atoms with Crippen molar-refractivity contribution in [3.63, 3.8) is 0 Å². The number of halogens is 5. The van der Waals surface area contributed by atoms with Gasteiger partial charge in [-0.3, -0.25) is 0 Å². The second-order valence-electron chi connectivity index (χ2n) is 3.94. The average molecular weight is 304 g/mol. The van der Waals surface area contributed by atoms with Crippen LogP contribution >= 0.6 is 0 Å². The van der Waals surface area contributed by atoms with Crippen LogP contribution in [0.2, 0.25) is 0 Å². The zero-order valence-electron chi connectivity index (χ0n) is 10.7. The van der Waals surface area contributed by atoms with Crippen molar-refractivity contribution in [1.29, 1.82) is 0 Å². The van der Waals surface area contributed by atoms with E-state index in [1.54, 1.807) is 13.8 Å². The molecule has 0 radical (unpaired) electrons. The second-order valence-corrected chi connectivity index (χ2v) is 3.94. The van der Waals surface area contributed by atoms with Gasteiger partial charge < -0.3 is 9.47 Å². The minimum Gasteiger partial charge on any atom is -0.462 e. The molecule has 116 valence electrons. The molecule has 0 aliphatic carbocycles. The van der Waals surface area contributed by atoms with E-state index in [4.69, 9.17) is 0 Å². The predicted molar refractivity (Wildman–Crippen MR) is 56.9 cm³/mol. The number of hydrogen-bond acceptors (Lipinski definition) is 4. The zero-order chi connectivity index (χ0) is 16.0. The van der Waals surface area contributed by atoms with Crippen LogP contribution in [-0.2, 0) is 19.1 Å². The van der Waals surface area contributed by atoms with Gasteiger partial charge in [-0.2, -0.15) is 22.0 Å². The lowest BCUT2D eigenvalue weighted by atomic mass is 10.2. The van der Waals surface area contributed by atoms with E-state index in [1.165, 1.54) is 0 Å². The van der Waals surface area contributed by atoms with Crippen LogP contribution in [0.3, 0.4) is 0 Å². The summed E-state index contributed by atoms with van der Waals surface area (Å²) in [4.78, 5) is 21.9. The number of carbonyl (C=O) groups excluding carboxylic acids is 2. The molecule has 0 amide bonds. The van der Waals surface area contributed by atoms with Crippen molar-refractivity contribution in [2.75, 3.05) is 6.61 Å². The predicted octanol–water partition coefficient (Wildman–Crippen LogP) is 2.63. The van der Waals surface area contributed by atoms with Gasteiger partial charge >= 0.3 is 24.0 Å². The number of carbonyl (C=O) groups is 2. The largest absolute Gasteiger partial charge is 0.462 e. The molecule has 0 saturated carbocycles. The van der Waals surface area contributed by atoms with Crippen LogP contribution in [0.25, 0.3) is 0 Å². The molecule has 0 aromatic heterocycles. The highest BCUT2D eigenvalue weighted by atomic mass is 19.4. The molecule has 20 heavy (non-hydrogen) atoms. The van der Waals surface area contributed by atoms with Gasteiger partial charge in [0.2, 0.25) is 0 Å². The Morgan fingerprint density at radius 1 is 1.05 bits per heavy atom. The Morgan fingerprint density at radius 2 is 1.55 bits per heavy atom. The van der Waals surface area contributed by atoms with E-state index in [1.807, 2.05) is 0 Å². The maximum absolute atomic E-state index is 12.4. The Kier molecular flexibility index (Phi) is 6.60. The summed E-state index contributed by atoms with van der Waals surface area (Å²) in [6, 6.07) is 0. The second kappa shape index (κ2) is 7.20. The maximum atomic E-state index is 12.4. The average Bonchev–Trinajstić information content (AvgIpc) is 2.23. The molecule has 0 rings (SSSR count). The minimum absolute atomic E-state index is 0.423. The summed E-state index contributed by atoms with van der Waals surface area (Å²) < 4.78 is 68.9. The minimum atomic E-state index is -5.70. The third-order valence-corrected chi connectivity index (χ3v) is 1.78. The summed E-state index contributed by atoms with van der Waals surface area (Å²) in [6.45, 7) is 1.99. The summed E-state index contributed by atoms with van der Waals surface area (Å²) in [5, 5.41) is 0. The van der Waals surface area contributed by atoms with Crippen LogP contribution in [0.4, 0.5) is 22.0 Å². The third kappa shape index (κ3) is 7.05. The first-order valence-corrected chi connectivity index (χ1v) is 5.45. The van der Waals surface area contributed by atoms with Crippen LogP contribution in [0.5, 0.6) is 0 Å². The first kappa shape index (κ1) is 18.3. The van der Waals surface area contributed by atoms with Gasteiger partial charge in [0.1, 0.15) is 0 Å². The van der Waals surface area contributed by atoms with Crippen LogP contribution in [-0.4, -0.2) is 36.7 Å². The van der Waals surface area contributed by atoms with E-state index in [2.05, 4.69) is 9.47 Å². The normalized spacial score (nSPS) is 12.8. The molecule has 9 heteroatoms. The number of hydrogen-bond donors (Lipinski definition) is 0. The molecule has 0 unspecified atom stereocenters. The van der Waals surface area contributed by atoms with Crippen molar-refractivity contribution < 1.29 is 41.0 Å². The monoisotopic (exact) mass is 304 g/mol. The number of alkyl halides is 5. The summed E-state index contributed by atoms with van der Waals surface area (Å²) >= 11 is 0. The van der Waals surface area contributed by atoms with Crippen LogP contribution < -0.4 is 0 Å². The number of rotatable bonds is 6. The van der Waals surface area contributed by atoms with Crippen molar-refractivity contribution in [3.8, 4) is 0 Å². The first-order valence-electron chi connectivity index (χ1n) is 5.45. The van der Waals surface area contributed by atoms with Crippen LogP contribution in [0.1, 0.15) is 20.3 Å². The molecule has 0 saturated heterocycles. The zero-order valence-corrected chi connectivity index (χ0v) is 10.7. The molecule has 0 fully saturated rings. The van der Waals surface area contributed by atoms with Crippen molar-refractivity contribution in [2.24, 2.45) is 0 Å². The molecule has 0 N–H and O–H groups in total. The molecule has 0 atom stereocenters. The standard InChI is InChI=1S/C11H13F5O4/c1-7(2)20-9(18)4-3-8(17)19-6-5-10(12,13)11(14,15)16/h3-4,7H,5-6H2,1-2H3/b4-3+. The SMILES string of the molecule is CC(C)OC(=O)/C=C/C(=O)OCCC(F)(F)C(F)(F)F. The summed E-state index contributed by atoms with van der Waals surface area (Å²) in [5.74, 6) is -7.02. The van der Waals surface area contributed by atoms with Gasteiger partial charge in [0.25, 0.3) is 0 Å². The van der Waals surface area contributed by atoms with Crippen LogP contribution in [0.15, 0.2) is 12.2 Å². The molecule has 0 heterocycles. The molecular weight excluding hydrogens is 291 g/mol. The van der Waals surface area contributed by atoms with Gasteiger partial charge in [0.05, 0.1) is 19.1 Å². The highest BCUT2D eigenvalue weighted by Crippen LogP contribution is 2.37. The van der Waals surface area contributed by atoms with E-state index in [0.29, 0.717) is 12.2 Å². The van der Waals surface area contributed by atoms with E-state index < -0.39 is 43.2 Å². The van der Waals surface area contributed by atoms with Crippen molar-refractivity contribution in [1.82, 2.24) is 0 Å². The summed E-state index contributed by atoms with van der Waals surface area (Å²) in [7, 11) is 0. The van der Waals surface area contributed by atoms with E-state index in [-0.39, 0.29) is 0 Å². The Morgan fingerprint density at radius 3 is 2.00 bits per heavy atom. The van der Waals surface area contributed by atoms with Gasteiger partial charge in [0, 0.05) is 12.2 Å². The summed E-state index contributed by atoms with van der Waals surface area (Å²) in [6.07, 6.45) is -6.54. The highest BCUT2D eigenvalue weighted by molar-refractivity contribution is 5.91. The quantitative estimate of drug-likeness (QED) is 0.430. The lowest BCUT2D eigenvalue weighted by Crippen LogP contribution is -2.37. The van der Waals surface area contributed by atoms with Gasteiger partial charge in [-0.1, -0.05) is 0 Å². The van der Waals surface area contributed by atoms with Gasteiger partial charge in [0.15, 0.2) is 0 Å². The maximum Gasteiger partial charge on any atom is 0.453 e. The number of ether oxygens (including phenoxy) is 2. The Labute approximate surface area is 111 Å². The third-order valence-electron chi connectivity index (χ3n) is 1.78. The molecule has 0 aromatic rings. The fourth-order valence-corrected chi connectivity index (χ4v) is 0.877. The number of esters is 2. The molecule has 0 aliphatic heterocycles. The van der Waals surface area contributed by atoms with Gasteiger partial charge in [-0.25, -0.2) is 9.59 Å². The molecular formula is C11H13F5O4. The van der Waals surface area contributed by atoms with Crippen molar-refractivity contribution in [3.05, 3.63) is 12.2 Å².